The smallest absolute Gasteiger partial charge is 0.211 e. The normalized spacial score (nSPS) is 11.1. The van der Waals surface area contributed by atoms with Crippen LogP contribution in [0.15, 0.2) is 64.9 Å². The first-order valence-electron chi connectivity index (χ1n) is 7.54. The standard InChI is InChI=1S/C18H18N4OS/c1-14-20-21-18(24-2)22(14)19-12-15-8-6-7-9-16(15)13-23-17-10-4-3-5-11-17/h3-12H,13H2,1-2H3/b19-12-. The van der Waals surface area contributed by atoms with E-state index in [1.54, 1.807) is 4.68 Å². The molecule has 6 heteroatoms. The van der Waals surface area contributed by atoms with Gasteiger partial charge in [0.1, 0.15) is 12.4 Å². The number of thioether (sulfide) groups is 1. The highest BCUT2D eigenvalue weighted by atomic mass is 32.2. The number of rotatable bonds is 6. The molecule has 0 fully saturated rings. The second-order valence-corrected chi connectivity index (χ2v) is 5.86. The van der Waals surface area contributed by atoms with Gasteiger partial charge in [-0.3, -0.25) is 0 Å². The lowest BCUT2D eigenvalue weighted by Crippen LogP contribution is -2.01. The lowest BCUT2D eigenvalue weighted by molar-refractivity contribution is 0.306. The fourth-order valence-corrected chi connectivity index (χ4v) is 2.66. The number of hydrogen-bond donors (Lipinski definition) is 0. The van der Waals surface area contributed by atoms with Crippen molar-refractivity contribution in [1.82, 2.24) is 14.9 Å². The molecule has 24 heavy (non-hydrogen) atoms. The average Bonchev–Trinajstić information content (AvgIpc) is 2.99. The SMILES string of the molecule is CSc1nnc(C)n1/N=C\c1ccccc1COc1ccccc1. The van der Waals surface area contributed by atoms with Gasteiger partial charge in [-0.15, -0.1) is 10.2 Å². The summed E-state index contributed by atoms with van der Waals surface area (Å²) in [5, 5.41) is 13.4. The summed E-state index contributed by atoms with van der Waals surface area (Å²) in [6.45, 7) is 2.37. The molecule has 0 N–H and O–H groups in total. The van der Waals surface area contributed by atoms with Crippen LogP contribution in [0.2, 0.25) is 0 Å². The second kappa shape index (κ2) is 7.79. The molecule has 3 rings (SSSR count). The maximum Gasteiger partial charge on any atom is 0.211 e. The zero-order chi connectivity index (χ0) is 16.8. The molecule has 0 aliphatic heterocycles. The predicted octanol–water partition coefficient (Wildman–Crippen LogP) is 3.77. The molecule has 1 aromatic heterocycles. The maximum atomic E-state index is 5.84. The quantitative estimate of drug-likeness (QED) is 0.507. The molecule has 0 radical (unpaired) electrons. The molecule has 0 aliphatic carbocycles. The van der Waals surface area contributed by atoms with Crippen LogP contribution in [-0.4, -0.2) is 27.3 Å². The summed E-state index contributed by atoms with van der Waals surface area (Å²) in [6, 6.07) is 17.8. The average molecular weight is 338 g/mol. The Morgan fingerprint density at radius 1 is 1.08 bits per heavy atom. The van der Waals surface area contributed by atoms with Gasteiger partial charge in [-0.05, 0) is 30.9 Å². The van der Waals surface area contributed by atoms with Gasteiger partial charge in [0.2, 0.25) is 5.16 Å². The highest BCUT2D eigenvalue weighted by Gasteiger charge is 2.06. The molecule has 0 saturated carbocycles. The third-order valence-electron chi connectivity index (χ3n) is 3.46. The molecule has 122 valence electrons. The fraction of sp³-hybridized carbons (Fsp3) is 0.167. The summed E-state index contributed by atoms with van der Waals surface area (Å²) < 4.78 is 7.58. The van der Waals surface area contributed by atoms with Crippen LogP contribution in [0, 0.1) is 6.92 Å². The molecule has 0 amide bonds. The Labute approximate surface area is 145 Å². The predicted molar refractivity (Wildman–Crippen MR) is 96.7 cm³/mol. The van der Waals surface area contributed by atoms with Gasteiger partial charge in [-0.1, -0.05) is 54.2 Å². The largest absolute Gasteiger partial charge is 0.489 e. The van der Waals surface area contributed by atoms with Gasteiger partial charge >= 0.3 is 0 Å². The van der Waals surface area contributed by atoms with E-state index in [1.165, 1.54) is 11.8 Å². The first-order chi connectivity index (χ1) is 11.8. The molecule has 2 aromatic carbocycles. The number of aromatic nitrogens is 3. The molecule has 5 nitrogen and oxygen atoms in total. The number of hydrogen-bond acceptors (Lipinski definition) is 5. The summed E-state index contributed by atoms with van der Waals surface area (Å²) in [6.07, 6.45) is 3.77. The van der Waals surface area contributed by atoms with Crippen molar-refractivity contribution in [2.45, 2.75) is 18.7 Å². The topological polar surface area (TPSA) is 52.3 Å². The molecule has 0 aliphatic rings. The summed E-state index contributed by atoms with van der Waals surface area (Å²) in [5.41, 5.74) is 2.08. The van der Waals surface area contributed by atoms with E-state index < -0.39 is 0 Å². The Balaban J connectivity index is 1.79. The van der Waals surface area contributed by atoms with Gasteiger partial charge in [-0.2, -0.15) is 9.78 Å². The van der Waals surface area contributed by atoms with E-state index in [9.17, 15) is 0 Å². The lowest BCUT2D eigenvalue weighted by atomic mass is 10.1. The van der Waals surface area contributed by atoms with Crippen molar-refractivity contribution in [2.24, 2.45) is 5.10 Å². The molecule has 0 bridgehead atoms. The molecule has 1 heterocycles. The minimum absolute atomic E-state index is 0.489. The molecule has 0 spiro atoms. The van der Waals surface area contributed by atoms with Crippen molar-refractivity contribution in [3.8, 4) is 5.75 Å². The van der Waals surface area contributed by atoms with Gasteiger partial charge < -0.3 is 4.74 Å². The van der Waals surface area contributed by atoms with Crippen molar-refractivity contribution in [2.75, 3.05) is 6.26 Å². The van der Waals surface area contributed by atoms with E-state index >= 15 is 0 Å². The second-order valence-electron chi connectivity index (χ2n) is 5.09. The monoisotopic (exact) mass is 338 g/mol. The Morgan fingerprint density at radius 2 is 1.83 bits per heavy atom. The summed E-state index contributed by atoms with van der Waals surface area (Å²) >= 11 is 1.51. The fourth-order valence-electron chi connectivity index (χ4n) is 2.19. The van der Waals surface area contributed by atoms with Crippen molar-refractivity contribution in [3.63, 3.8) is 0 Å². The zero-order valence-electron chi connectivity index (χ0n) is 13.6. The Morgan fingerprint density at radius 3 is 2.62 bits per heavy atom. The first-order valence-corrected chi connectivity index (χ1v) is 8.76. The van der Waals surface area contributed by atoms with Crippen LogP contribution in [0.25, 0.3) is 0 Å². The summed E-state index contributed by atoms with van der Waals surface area (Å²) in [7, 11) is 0. The zero-order valence-corrected chi connectivity index (χ0v) is 14.4. The first kappa shape index (κ1) is 16.3. The minimum Gasteiger partial charge on any atom is -0.489 e. The number of ether oxygens (including phenoxy) is 1. The van der Waals surface area contributed by atoms with Crippen LogP contribution in [0.3, 0.4) is 0 Å². The number of para-hydroxylation sites is 1. The molecule has 0 unspecified atom stereocenters. The number of benzene rings is 2. The lowest BCUT2D eigenvalue weighted by Gasteiger charge is -2.08. The van der Waals surface area contributed by atoms with Crippen LogP contribution in [0.1, 0.15) is 17.0 Å². The van der Waals surface area contributed by atoms with Gasteiger partial charge in [0, 0.05) is 5.56 Å². The van der Waals surface area contributed by atoms with Gasteiger partial charge in [-0.25, -0.2) is 0 Å². The minimum atomic E-state index is 0.489. The van der Waals surface area contributed by atoms with Crippen LogP contribution in [-0.2, 0) is 6.61 Å². The van der Waals surface area contributed by atoms with E-state index in [4.69, 9.17) is 4.74 Å². The van der Waals surface area contributed by atoms with E-state index in [-0.39, 0.29) is 0 Å². The Hall–Kier alpha value is -2.60. The van der Waals surface area contributed by atoms with Crippen molar-refractivity contribution in [1.29, 1.82) is 0 Å². The van der Waals surface area contributed by atoms with Crippen molar-refractivity contribution < 1.29 is 4.74 Å². The van der Waals surface area contributed by atoms with E-state index in [0.717, 1.165) is 27.9 Å². The highest BCUT2D eigenvalue weighted by molar-refractivity contribution is 7.98. The highest BCUT2D eigenvalue weighted by Crippen LogP contribution is 2.15. The van der Waals surface area contributed by atoms with E-state index in [0.29, 0.717) is 6.61 Å². The molecule has 0 saturated heterocycles. The van der Waals surface area contributed by atoms with Gasteiger partial charge in [0.15, 0.2) is 5.82 Å². The third-order valence-corrected chi connectivity index (χ3v) is 4.08. The Bertz CT molecular complexity index is 830. The van der Waals surface area contributed by atoms with Crippen molar-refractivity contribution >= 4 is 18.0 Å². The van der Waals surface area contributed by atoms with Crippen LogP contribution in [0.4, 0.5) is 0 Å². The van der Waals surface area contributed by atoms with E-state index in [1.807, 2.05) is 74.0 Å². The van der Waals surface area contributed by atoms with Crippen LogP contribution < -0.4 is 4.74 Å². The Kier molecular flexibility index (Phi) is 5.28. The van der Waals surface area contributed by atoms with Crippen molar-refractivity contribution in [3.05, 3.63) is 71.5 Å². The van der Waals surface area contributed by atoms with Gasteiger partial charge in [0.25, 0.3) is 0 Å². The molecule has 0 atom stereocenters. The van der Waals surface area contributed by atoms with Crippen LogP contribution >= 0.6 is 11.8 Å². The maximum absolute atomic E-state index is 5.84. The molecular weight excluding hydrogens is 320 g/mol. The third kappa shape index (κ3) is 3.83. The summed E-state index contributed by atoms with van der Waals surface area (Å²) in [4.78, 5) is 0. The molecular formula is C18H18N4OS. The van der Waals surface area contributed by atoms with Gasteiger partial charge in [0.05, 0.1) is 6.21 Å². The van der Waals surface area contributed by atoms with Crippen LogP contribution in [0.5, 0.6) is 5.75 Å². The number of aryl methyl sites for hydroxylation is 1. The molecule has 3 aromatic rings. The number of nitrogens with zero attached hydrogens (tertiary/aromatic N) is 4. The summed E-state index contributed by atoms with van der Waals surface area (Å²) in [5.74, 6) is 1.61. The van der Waals surface area contributed by atoms with E-state index in [2.05, 4.69) is 15.3 Å².